The minimum Gasteiger partial charge on any atom is -0.303 e. The quantitative estimate of drug-likeness (QED) is 0.560. The molecule has 0 spiro atoms. The maximum absolute atomic E-state index is 10.2. The van der Waals surface area contributed by atoms with Crippen LogP contribution < -0.4 is 0 Å². The second kappa shape index (κ2) is 6.72. The predicted molar refractivity (Wildman–Crippen MR) is 70.3 cm³/mol. The van der Waals surface area contributed by atoms with Crippen LogP contribution in [0.3, 0.4) is 0 Å². The average molecular weight is 259 g/mol. The van der Waals surface area contributed by atoms with Crippen molar-refractivity contribution < 1.29 is 4.79 Å². The van der Waals surface area contributed by atoms with Crippen molar-refractivity contribution in [1.29, 1.82) is 0 Å². The van der Waals surface area contributed by atoms with Crippen molar-refractivity contribution in [3.8, 4) is 11.3 Å². The van der Waals surface area contributed by atoms with Crippen LogP contribution in [0, 0.1) is 6.92 Å². The molecule has 0 aromatic carbocycles. The lowest BCUT2D eigenvalue weighted by molar-refractivity contribution is -0.107. The first-order valence-corrected chi connectivity index (χ1v) is 6.42. The molecule has 0 fully saturated rings. The minimum atomic E-state index is 0.642. The molecule has 19 heavy (non-hydrogen) atoms. The molecule has 2 aromatic rings. The Morgan fingerprint density at radius 1 is 1.21 bits per heavy atom. The third-order valence-corrected chi connectivity index (χ3v) is 2.82. The molecule has 2 aromatic heterocycles. The molecular formula is C13H17N5O. The lowest BCUT2D eigenvalue weighted by Crippen LogP contribution is -1.98. The molecule has 0 saturated heterocycles. The van der Waals surface area contributed by atoms with Gasteiger partial charge in [-0.3, -0.25) is 4.68 Å². The Balaban J connectivity index is 1.88. The highest BCUT2D eigenvalue weighted by Gasteiger charge is 2.04. The summed E-state index contributed by atoms with van der Waals surface area (Å²) in [5.74, 6) is 0.742. The summed E-state index contributed by atoms with van der Waals surface area (Å²) >= 11 is 0. The van der Waals surface area contributed by atoms with Gasteiger partial charge in [0.05, 0.1) is 6.20 Å². The van der Waals surface area contributed by atoms with Gasteiger partial charge in [0.25, 0.3) is 0 Å². The number of aromatic nitrogens is 5. The topological polar surface area (TPSA) is 73.6 Å². The van der Waals surface area contributed by atoms with Gasteiger partial charge in [0.15, 0.2) is 0 Å². The second-order valence-electron chi connectivity index (χ2n) is 4.40. The zero-order chi connectivity index (χ0) is 13.5. The third-order valence-electron chi connectivity index (χ3n) is 2.82. The zero-order valence-corrected chi connectivity index (χ0v) is 11.0. The smallest absolute Gasteiger partial charge is 0.125 e. The van der Waals surface area contributed by atoms with Crippen LogP contribution >= 0.6 is 0 Å². The molecule has 0 saturated carbocycles. The molecule has 0 bridgehead atoms. The molecule has 2 rings (SSSR count). The molecule has 0 aliphatic heterocycles. The molecule has 2 heterocycles. The van der Waals surface area contributed by atoms with Crippen LogP contribution in [-0.2, 0) is 11.3 Å². The van der Waals surface area contributed by atoms with Crippen LogP contribution in [-0.4, -0.2) is 31.2 Å². The van der Waals surface area contributed by atoms with Crippen molar-refractivity contribution in [3.05, 3.63) is 24.4 Å². The Hall–Kier alpha value is -2.11. The predicted octanol–water partition coefficient (Wildman–Crippen LogP) is 1.80. The summed E-state index contributed by atoms with van der Waals surface area (Å²) < 4.78 is 1.82. The SMILES string of the molecule is Cc1ncc(-c2cn(CCCCCC=O)nn2)cn1. The molecule has 0 amide bonds. The van der Waals surface area contributed by atoms with Crippen LogP contribution in [0.5, 0.6) is 0 Å². The highest BCUT2D eigenvalue weighted by atomic mass is 16.1. The Labute approximate surface area is 111 Å². The van der Waals surface area contributed by atoms with Crippen LogP contribution in [0.15, 0.2) is 18.6 Å². The number of hydrogen-bond donors (Lipinski definition) is 0. The van der Waals surface area contributed by atoms with Gasteiger partial charge in [-0.05, 0) is 19.8 Å². The Bertz CT molecular complexity index is 520. The Kier molecular flexibility index (Phi) is 4.72. The first-order valence-electron chi connectivity index (χ1n) is 6.42. The number of aryl methyl sites for hydroxylation is 2. The molecular weight excluding hydrogens is 242 g/mol. The number of hydrogen-bond acceptors (Lipinski definition) is 5. The van der Waals surface area contributed by atoms with E-state index in [2.05, 4.69) is 20.3 Å². The van der Waals surface area contributed by atoms with Gasteiger partial charge >= 0.3 is 0 Å². The highest BCUT2D eigenvalue weighted by molar-refractivity contribution is 5.54. The number of rotatable bonds is 7. The van der Waals surface area contributed by atoms with Crippen LogP contribution in [0.4, 0.5) is 0 Å². The summed E-state index contributed by atoms with van der Waals surface area (Å²) in [6, 6.07) is 0. The number of nitrogens with zero attached hydrogens (tertiary/aromatic N) is 5. The number of aldehydes is 1. The number of carbonyl (C=O) groups excluding carboxylic acids is 1. The molecule has 0 unspecified atom stereocenters. The van der Waals surface area contributed by atoms with E-state index in [1.54, 1.807) is 12.4 Å². The summed E-state index contributed by atoms with van der Waals surface area (Å²) in [4.78, 5) is 18.5. The molecule has 0 radical (unpaired) electrons. The van der Waals surface area contributed by atoms with E-state index in [1.807, 2.05) is 17.8 Å². The van der Waals surface area contributed by atoms with Crippen LogP contribution in [0.2, 0.25) is 0 Å². The maximum atomic E-state index is 10.2. The van der Waals surface area contributed by atoms with Gasteiger partial charge in [-0.15, -0.1) is 5.10 Å². The van der Waals surface area contributed by atoms with E-state index in [9.17, 15) is 4.79 Å². The first-order chi connectivity index (χ1) is 9.29. The standard InChI is InChI=1S/C13H17N5O/c1-11-14-8-12(9-15-11)13-10-18(17-16-13)6-4-2-3-5-7-19/h7-10H,2-6H2,1H3. The Morgan fingerprint density at radius 2 is 2.00 bits per heavy atom. The highest BCUT2D eigenvalue weighted by Crippen LogP contribution is 2.13. The van der Waals surface area contributed by atoms with E-state index in [0.717, 1.165) is 49.2 Å². The third kappa shape index (κ3) is 3.94. The molecule has 0 aliphatic carbocycles. The van der Waals surface area contributed by atoms with E-state index in [4.69, 9.17) is 0 Å². The van der Waals surface area contributed by atoms with Gasteiger partial charge in [-0.1, -0.05) is 11.6 Å². The van der Waals surface area contributed by atoms with Gasteiger partial charge in [0.2, 0.25) is 0 Å². The summed E-state index contributed by atoms with van der Waals surface area (Å²) in [6.45, 7) is 2.67. The van der Waals surface area contributed by atoms with Crippen molar-refractivity contribution >= 4 is 6.29 Å². The summed E-state index contributed by atoms with van der Waals surface area (Å²) in [6.07, 6.45) is 9.98. The van der Waals surface area contributed by atoms with Crippen molar-refractivity contribution in [2.45, 2.75) is 39.2 Å². The zero-order valence-electron chi connectivity index (χ0n) is 11.0. The molecule has 0 atom stereocenters. The van der Waals surface area contributed by atoms with E-state index in [1.165, 1.54) is 0 Å². The van der Waals surface area contributed by atoms with Crippen molar-refractivity contribution in [2.75, 3.05) is 0 Å². The van der Waals surface area contributed by atoms with Gasteiger partial charge in [-0.2, -0.15) is 0 Å². The number of carbonyl (C=O) groups is 1. The fourth-order valence-electron chi connectivity index (χ4n) is 1.74. The van der Waals surface area contributed by atoms with Crippen LogP contribution in [0.1, 0.15) is 31.5 Å². The van der Waals surface area contributed by atoms with Crippen molar-refractivity contribution in [1.82, 2.24) is 25.0 Å². The Morgan fingerprint density at radius 3 is 2.74 bits per heavy atom. The van der Waals surface area contributed by atoms with E-state index < -0.39 is 0 Å². The monoisotopic (exact) mass is 259 g/mol. The first kappa shape index (κ1) is 13.3. The normalized spacial score (nSPS) is 10.6. The van der Waals surface area contributed by atoms with Gasteiger partial charge in [0.1, 0.15) is 17.8 Å². The molecule has 6 heteroatoms. The van der Waals surface area contributed by atoms with Crippen molar-refractivity contribution in [2.24, 2.45) is 0 Å². The van der Waals surface area contributed by atoms with Gasteiger partial charge in [-0.25, -0.2) is 9.97 Å². The largest absolute Gasteiger partial charge is 0.303 e. The molecule has 0 N–H and O–H groups in total. The summed E-state index contributed by atoms with van der Waals surface area (Å²) in [5, 5.41) is 8.18. The fourth-order valence-corrected chi connectivity index (χ4v) is 1.74. The van der Waals surface area contributed by atoms with E-state index in [-0.39, 0.29) is 0 Å². The minimum absolute atomic E-state index is 0.642. The van der Waals surface area contributed by atoms with Crippen LogP contribution in [0.25, 0.3) is 11.3 Å². The van der Waals surface area contributed by atoms with Crippen molar-refractivity contribution in [3.63, 3.8) is 0 Å². The number of unbranched alkanes of at least 4 members (excludes halogenated alkanes) is 3. The van der Waals surface area contributed by atoms with E-state index in [0.29, 0.717) is 6.42 Å². The molecule has 6 nitrogen and oxygen atoms in total. The van der Waals surface area contributed by atoms with Gasteiger partial charge in [0, 0.05) is 30.9 Å². The van der Waals surface area contributed by atoms with Gasteiger partial charge < -0.3 is 4.79 Å². The van der Waals surface area contributed by atoms with E-state index >= 15 is 0 Å². The summed E-state index contributed by atoms with van der Waals surface area (Å²) in [5.41, 5.74) is 1.66. The molecule has 100 valence electrons. The fraction of sp³-hybridized carbons (Fsp3) is 0.462. The second-order valence-corrected chi connectivity index (χ2v) is 4.40. The molecule has 0 aliphatic rings. The maximum Gasteiger partial charge on any atom is 0.125 e. The summed E-state index contributed by atoms with van der Waals surface area (Å²) in [7, 11) is 0. The lowest BCUT2D eigenvalue weighted by atomic mass is 10.2. The average Bonchev–Trinajstić information content (AvgIpc) is 2.88. The lowest BCUT2D eigenvalue weighted by Gasteiger charge is -1.98.